The van der Waals surface area contributed by atoms with Gasteiger partial charge in [-0.3, -0.25) is 14.9 Å². The van der Waals surface area contributed by atoms with Crippen molar-refractivity contribution in [3.05, 3.63) is 39.4 Å². The largest absolute Gasteiger partial charge is 0.340 e. The van der Waals surface area contributed by atoms with Crippen LogP contribution in [0.2, 0.25) is 0 Å². The SMILES string of the molecule is O=Cc1ccc(F)c([N+](=O)[O-])c1F. The van der Waals surface area contributed by atoms with Crippen LogP contribution in [0.15, 0.2) is 12.1 Å². The van der Waals surface area contributed by atoms with E-state index in [2.05, 4.69) is 0 Å². The molecule has 0 unspecified atom stereocenters. The van der Waals surface area contributed by atoms with Gasteiger partial charge in [-0.15, -0.1) is 0 Å². The van der Waals surface area contributed by atoms with Gasteiger partial charge >= 0.3 is 5.69 Å². The Balaban J connectivity index is 3.47. The van der Waals surface area contributed by atoms with Gasteiger partial charge in [-0.2, -0.15) is 8.78 Å². The number of nitro groups is 1. The van der Waals surface area contributed by atoms with Gasteiger partial charge in [-0.1, -0.05) is 0 Å². The Kier molecular flexibility index (Phi) is 2.32. The fourth-order valence-electron chi connectivity index (χ4n) is 0.815. The summed E-state index contributed by atoms with van der Waals surface area (Å²) in [5.74, 6) is -2.74. The highest BCUT2D eigenvalue weighted by atomic mass is 19.1. The highest BCUT2D eigenvalue weighted by Gasteiger charge is 2.23. The second-order valence-corrected chi connectivity index (χ2v) is 2.17. The van der Waals surface area contributed by atoms with Crippen LogP contribution in [0.4, 0.5) is 14.5 Å². The van der Waals surface area contributed by atoms with E-state index in [0.29, 0.717) is 6.07 Å². The van der Waals surface area contributed by atoms with Gasteiger partial charge in [0.1, 0.15) is 0 Å². The molecule has 0 aliphatic rings. The van der Waals surface area contributed by atoms with Crippen molar-refractivity contribution in [2.45, 2.75) is 0 Å². The predicted octanol–water partition coefficient (Wildman–Crippen LogP) is 1.69. The number of nitro benzene ring substituents is 1. The molecule has 4 nitrogen and oxygen atoms in total. The van der Waals surface area contributed by atoms with Gasteiger partial charge in [0, 0.05) is 0 Å². The Hall–Kier alpha value is -1.85. The molecular formula is C7H3F2NO3. The van der Waals surface area contributed by atoms with Crippen molar-refractivity contribution in [2.75, 3.05) is 0 Å². The third-order valence-corrected chi connectivity index (χ3v) is 1.41. The summed E-state index contributed by atoms with van der Waals surface area (Å²) in [7, 11) is 0. The van der Waals surface area contributed by atoms with Gasteiger partial charge in [0.2, 0.25) is 11.6 Å². The Bertz CT molecular complexity index is 378. The summed E-state index contributed by atoms with van der Waals surface area (Å²) in [4.78, 5) is 19.0. The van der Waals surface area contributed by atoms with Gasteiger partial charge < -0.3 is 0 Å². The molecule has 0 bridgehead atoms. The van der Waals surface area contributed by atoms with E-state index in [1.165, 1.54) is 0 Å². The molecule has 0 N–H and O–H groups in total. The summed E-state index contributed by atoms with van der Waals surface area (Å²) in [5.41, 5.74) is -1.84. The molecule has 0 aliphatic carbocycles. The van der Waals surface area contributed by atoms with Crippen molar-refractivity contribution in [2.24, 2.45) is 0 Å². The van der Waals surface area contributed by atoms with Crippen LogP contribution in [0.25, 0.3) is 0 Å². The summed E-state index contributed by atoms with van der Waals surface area (Å²) in [6.45, 7) is 0. The zero-order valence-corrected chi connectivity index (χ0v) is 6.16. The maximum absolute atomic E-state index is 12.9. The number of hydrogen-bond acceptors (Lipinski definition) is 3. The zero-order valence-electron chi connectivity index (χ0n) is 6.16. The minimum atomic E-state index is -1.44. The molecule has 68 valence electrons. The molecule has 0 saturated carbocycles. The zero-order chi connectivity index (χ0) is 10.0. The summed E-state index contributed by atoms with van der Waals surface area (Å²) < 4.78 is 25.5. The van der Waals surface area contributed by atoms with Crippen LogP contribution in [0, 0.1) is 21.7 Å². The average Bonchev–Trinajstić information content (AvgIpc) is 2.04. The number of aldehydes is 1. The minimum absolute atomic E-state index is 0.0851. The lowest BCUT2D eigenvalue weighted by atomic mass is 10.2. The van der Waals surface area contributed by atoms with Crippen LogP contribution >= 0.6 is 0 Å². The van der Waals surface area contributed by atoms with Gasteiger partial charge in [-0.25, -0.2) is 0 Å². The van der Waals surface area contributed by atoms with E-state index in [-0.39, 0.29) is 6.29 Å². The number of benzene rings is 1. The van der Waals surface area contributed by atoms with E-state index < -0.39 is 27.8 Å². The molecule has 0 atom stereocenters. The first-order valence-electron chi connectivity index (χ1n) is 3.15. The standard InChI is InChI=1S/C7H3F2NO3/c8-5-2-1-4(3-11)6(9)7(5)10(12)13/h1-3H. The van der Waals surface area contributed by atoms with Gasteiger partial charge in [0.15, 0.2) is 6.29 Å². The molecular weight excluding hydrogens is 184 g/mol. The number of carbonyl (C=O) groups is 1. The molecule has 1 rings (SSSR count). The molecule has 6 heteroatoms. The van der Waals surface area contributed by atoms with Crippen LogP contribution in [-0.4, -0.2) is 11.2 Å². The third kappa shape index (κ3) is 1.51. The highest BCUT2D eigenvalue weighted by Crippen LogP contribution is 2.22. The van der Waals surface area contributed by atoms with Crippen LogP contribution in [-0.2, 0) is 0 Å². The number of halogens is 2. The van der Waals surface area contributed by atoms with E-state index in [9.17, 15) is 23.7 Å². The summed E-state index contributed by atoms with van der Waals surface area (Å²) in [6.07, 6.45) is 0.0851. The number of nitrogens with zero attached hydrogens (tertiary/aromatic N) is 1. The first-order valence-corrected chi connectivity index (χ1v) is 3.15. The fourth-order valence-corrected chi connectivity index (χ4v) is 0.815. The summed E-state index contributed by atoms with van der Waals surface area (Å²) in [6, 6.07) is 1.51. The van der Waals surface area contributed by atoms with Crippen molar-refractivity contribution in [1.82, 2.24) is 0 Å². The second kappa shape index (κ2) is 3.26. The van der Waals surface area contributed by atoms with Crippen molar-refractivity contribution in [1.29, 1.82) is 0 Å². The van der Waals surface area contributed by atoms with E-state index in [0.717, 1.165) is 6.07 Å². The molecule has 0 fully saturated rings. The van der Waals surface area contributed by atoms with Crippen LogP contribution < -0.4 is 0 Å². The second-order valence-electron chi connectivity index (χ2n) is 2.17. The molecule has 0 spiro atoms. The molecule has 13 heavy (non-hydrogen) atoms. The molecule has 1 aromatic carbocycles. The van der Waals surface area contributed by atoms with Gasteiger partial charge in [-0.05, 0) is 12.1 Å². The highest BCUT2D eigenvalue weighted by molar-refractivity contribution is 5.76. The van der Waals surface area contributed by atoms with Crippen molar-refractivity contribution in [3.63, 3.8) is 0 Å². The monoisotopic (exact) mass is 187 g/mol. The number of rotatable bonds is 2. The van der Waals surface area contributed by atoms with E-state index in [1.54, 1.807) is 0 Å². The van der Waals surface area contributed by atoms with Crippen molar-refractivity contribution >= 4 is 12.0 Å². The normalized spacial score (nSPS) is 9.69. The third-order valence-electron chi connectivity index (χ3n) is 1.41. The van der Waals surface area contributed by atoms with Crippen LogP contribution in [0.3, 0.4) is 0 Å². The fraction of sp³-hybridized carbons (Fsp3) is 0. The first-order chi connectivity index (χ1) is 6.07. The Morgan fingerprint density at radius 3 is 2.46 bits per heavy atom. The molecule has 0 heterocycles. The lowest BCUT2D eigenvalue weighted by molar-refractivity contribution is -0.390. The van der Waals surface area contributed by atoms with Gasteiger partial charge in [0.05, 0.1) is 10.5 Å². The predicted molar refractivity (Wildman–Crippen MR) is 38.4 cm³/mol. The minimum Gasteiger partial charge on any atom is -0.298 e. The van der Waals surface area contributed by atoms with Crippen molar-refractivity contribution in [3.8, 4) is 0 Å². The van der Waals surface area contributed by atoms with Crippen LogP contribution in [0.1, 0.15) is 10.4 Å². The first kappa shape index (κ1) is 9.24. The number of carbonyl (C=O) groups excluding carboxylic acids is 1. The quantitative estimate of drug-likeness (QED) is 0.402. The number of hydrogen-bond donors (Lipinski definition) is 0. The molecule has 0 aromatic heterocycles. The average molecular weight is 187 g/mol. The van der Waals surface area contributed by atoms with E-state index in [4.69, 9.17) is 0 Å². The van der Waals surface area contributed by atoms with E-state index in [1.807, 2.05) is 0 Å². The molecule has 0 aliphatic heterocycles. The molecule has 0 saturated heterocycles. The van der Waals surface area contributed by atoms with Crippen LogP contribution in [0.5, 0.6) is 0 Å². The lowest BCUT2D eigenvalue weighted by Gasteiger charge is -1.96. The summed E-state index contributed by atoms with van der Waals surface area (Å²) in [5, 5.41) is 10.1. The topological polar surface area (TPSA) is 60.2 Å². The maximum Gasteiger partial charge on any atom is 0.340 e. The molecule has 0 radical (unpaired) electrons. The lowest BCUT2D eigenvalue weighted by Crippen LogP contribution is -1.99. The smallest absolute Gasteiger partial charge is 0.298 e. The van der Waals surface area contributed by atoms with E-state index >= 15 is 0 Å². The molecule has 0 amide bonds. The Labute approximate surface area is 70.9 Å². The Morgan fingerprint density at radius 1 is 1.38 bits per heavy atom. The van der Waals surface area contributed by atoms with Crippen molar-refractivity contribution < 1.29 is 18.5 Å². The Morgan fingerprint density at radius 2 is 2.00 bits per heavy atom. The summed E-state index contributed by atoms with van der Waals surface area (Å²) >= 11 is 0. The van der Waals surface area contributed by atoms with Gasteiger partial charge in [0.25, 0.3) is 0 Å². The maximum atomic E-state index is 12.9. The molecule has 1 aromatic rings.